The number of rotatable bonds is 5. The summed E-state index contributed by atoms with van der Waals surface area (Å²) < 4.78 is 16.4. The van der Waals surface area contributed by atoms with Crippen LogP contribution in [0.1, 0.15) is 38.4 Å². The fraction of sp³-hybridized carbons (Fsp3) is 0.273. The van der Waals surface area contributed by atoms with Crippen LogP contribution in [-0.2, 0) is 4.79 Å². The molecule has 0 radical (unpaired) electrons. The maximum Gasteiger partial charge on any atom is 0.325 e. The zero-order valence-electron chi connectivity index (χ0n) is 16.8. The molecule has 1 atom stereocenters. The van der Waals surface area contributed by atoms with Gasteiger partial charge in [0.1, 0.15) is 5.82 Å². The molecular formula is C22H22FN4O2S+. The van der Waals surface area contributed by atoms with E-state index in [1.54, 1.807) is 54.3 Å². The lowest BCUT2D eigenvalue weighted by Crippen LogP contribution is -2.61. The van der Waals surface area contributed by atoms with Crippen LogP contribution in [0.3, 0.4) is 0 Å². The number of benzene rings is 2. The Morgan fingerprint density at radius 3 is 2.67 bits per heavy atom. The van der Waals surface area contributed by atoms with Crippen molar-refractivity contribution < 1.29 is 13.9 Å². The van der Waals surface area contributed by atoms with E-state index in [1.165, 1.54) is 22.5 Å². The third kappa shape index (κ3) is 3.41. The van der Waals surface area contributed by atoms with E-state index in [0.29, 0.717) is 22.1 Å². The Kier molecular flexibility index (Phi) is 5.67. The number of nitrogens with one attached hydrogen (secondary N) is 1. The molecule has 8 heteroatoms. The highest BCUT2D eigenvalue weighted by atomic mass is 32.2. The maximum atomic E-state index is 14.9. The molecule has 2 aromatic carbocycles. The molecule has 0 aliphatic carbocycles. The molecule has 0 bridgehead atoms. The highest BCUT2D eigenvalue weighted by molar-refractivity contribution is 7.99. The molecule has 0 fully saturated rings. The van der Waals surface area contributed by atoms with E-state index in [-0.39, 0.29) is 23.5 Å². The minimum absolute atomic E-state index is 0.182. The van der Waals surface area contributed by atoms with Crippen LogP contribution < -0.4 is 15.1 Å². The van der Waals surface area contributed by atoms with Crippen molar-refractivity contribution in [1.82, 2.24) is 10.1 Å². The second kappa shape index (κ2) is 8.39. The number of aromatic amines is 1. The summed E-state index contributed by atoms with van der Waals surface area (Å²) in [6.45, 7) is 3.80. The van der Waals surface area contributed by atoms with Gasteiger partial charge in [-0.2, -0.15) is 0 Å². The molecule has 2 heterocycles. The van der Waals surface area contributed by atoms with E-state index in [4.69, 9.17) is 0 Å². The van der Waals surface area contributed by atoms with E-state index in [2.05, 4.69) is 10.1 Å². The number of anilines is 1. The van der Waals surface area contributed by atoms with E-state index in [9.17, 15) is 14.0 Å². The Hall–Kier alpha value is -3.00. The molecule has 0 saturated heterocycles. The van der Waals surface area contributed by atoms with Crippen LogP contribution >= 0.6 is 11.8 Å². The first kappa shape index (κ1) is 20.3. The van der Waals surface area contributed by atoms with Crippen LogP contribution in [0.5, 0.6) is 0 Å². The summed E-state index contributed by atoms with van der Waals surface area (Å²) >= 11 is 1.42. The fourth-order valence-electron chi connectivity index (χ4n) is 3.64. The molecule has 6 nitrogen and oxygen atoms in total. The Bertz CT molecular complexity index is 1160. The van der Waals surface area contributed by atoms with E-state index < -0.39 is 12.0 Å². The third-order valence-corrected chi connectivity index (χ3v) is 6.03. The Labute approximate surface area is 177 Å². The number of para-hydroxylation sites is 1. The van der Waals surface area contributed by atoms with Crippen molar-refractivity contribution >= 4 is 23.4 Å². The van der Waals surface area contributed by atoms with E-state index >= 15 is 0 Å². The predicted octanol–water partition coefficient (Wildman–Crippen LogP) is 3.67. The summed E-state index contributed by atoms with van der Waals surface area (Å²) in [6.07, 6.45) is 0.248. The van der Waals surface area contributed by atoms with Gasteiger partial charge in [0, 0.05) is 17.3 Å². The number of thioether (sulfide) groups is 1. The average molecular weight is 426 g/mol. The molecule has 0 saturated carbocycles. The van der Waals surface area contributed by atoms with Crippen LogP contribution in [0.2, 0.25) is 0 Å². The second-order valence-electron chi connectivity index (χ2n) is 6.93. The molecular weight excluding hydrogens is 403 g/mol. The zero-order chi connectivity index (χ0) is 21.3. The zero-order valence-corrected chi connectivity index (χ0v) is 17.6. The van der Waals surface area contributed by atoms with Gasteiger partial charge in [0.15, 0.2) is 0 Å². The van der Waals surface area contributed by atoms with Crippen molar-refractivity contribution in [3.8, 4) is 11.3 Å². The van der Waals surface area contributed by atoms with Gasteiger partial charge in [-0.15, -0.1) is 0 Å². The first-order valence-corrected chi connectivity index (χ1v) is 10.9. The summed E-state index contributed by atoms with van der Waals surface area (Å²) in [5, 5.41) is 5.08. The monoisotopic (exact) mass is 425 g/mol. The number of aromatic nitrogens is 3. The van der Waals surface area contributed by atoms with Crippen molar-refractivity contribution in [2.24, 2.45) is 0 Å². The Balaban J connectivity index is 2.05. The normalized spacial score (nSPS) is 14.9. The lowest BCUT2D eigenvalue weighted by molar-refractivity contribution is -0.763. The van der Waals surface area contributed by atoms with Crippen molar-refractivity contribution in [2.75, 3.05) is 10.7 Å². The SMILES string of the molecule is CCCSc1n[n+]2c(c(=O)[nH]1)-c1ccccc1N(C(=O)CC)[C@@H]2c1ccccc1F. The summed E-state index contributed by atoms with van der Waals surface area (Å²) in [7, 11) is 0. The molecule has 1 aliphatic heterocycles. The minimum Gasteiger partial charge on any atom is -0.291 e. The Morgan fingerprint density at radius 2 is 1.93 bits per heavy atom. The maximum absolute atomic E-state index is 14.9. The predicted molar refractivity (Wildman–Crippen MR) is 114 cm³/mol. The van der Waals surface area contributed by atoms with E-state index in [1.807, 2.05) is 6.92 Å². The molecule has 1 N–H and O–H groups in total. The number of amides is 1. The van der Waals surface area contributed by atoms with Gasteiger partial charge in [0.25, 0.3) is 6.17 Å². The fourth-order valence-corrected chi connectivity index (χ4v) is 4.35. The molecule has 1 aliphatic rings. The molecule has 0 unspecified atom stereocenters. The summed E-state index contributed by atoms with van der Waals surface area (Å²) in [5.74, 6) is 0.138. The molecule has 4 rings (SSSR count). The number of carbonyl (C=O) groups is 1. The van der Waals surface area contributed by atoms with Gasteiger partial charge >= 0.3 is 11.3 Å². The summed E-state index contributed by atoms with van der Waals surface area (Å²) in [6, 6.07) is 13.5. The summed E-state index contributed by atoms with van der Waals surface area (Å²) in [4.78, 5) is 30.5. The number of carbonyl (C=O) groups excluding carboxylic acids is 1. The highest BCUT2D eigenvalue weighted by Gasteiger charge is 2.46. The van der Waals surface area contributed by atoms with Crippen molar-refractivity contribution in [1.29, 1.82) is 0 Å². The number of H-pyrrole nitrogens is 1. The van der Waals surface area contributed by atoms with Crippen molar-refractivity contribution in [3.05, 3.63) is 70.3 Å². The lowest BCUT2D eigenvalue weighted by Gasteiger charge is -2.32. The molecule has 3 aromatic rings. The standard InChI is InChI=1S/C22H21FN4O2S/c1-3-13-30-22-24-20(29)19-15-10-6-8-12-17(15)26(18(28)4-2)21(27(19)25-22)14-9-5-7-11-16(14)23/h5-12,21H,3-4,13H2,1-2H3/p+1/t21-/m0/s1. The molecule has 1 aromatic heterocycles. The first-order valence-electron chi connectivity index (χ1n) is 9.91. The number of nitrogens with zero attached hydrogens (tertiary/aromatic N) is 3. The number of halogens is 1. The largest absolute Gasteiger partial charge is 0.325 e. The van der Waals surface area contributed by atoms with Crippen LogP contribution in [0.25, 0.3) is 11.3 Å². The van der Waals surface area contributed by atoms with Gasteiger partial charge < -0.3 is 0 Å². The van der Waals surface area contributed by atoms with Crippen LogP contribution in [0.4, 0.5) is 10.1 Å². The Morgan fingerprint density at radius 1 is 1.20 bits per heavy atom. The van der Waals surface area contributed by atoms with Crippen molar-refractivity contribution in [3.63, 3.8) is 0 Å². The minimum atomic E-state index is -0.896. The lowest BCUT2D eigenvalue weighted by atomic mass is 10.0. The second-order valence-corrected chi connectivity index (χ2v) is 8.01. The number of fused-ring (bicyclic) bond motifs is 3. The van der Waals surface area contributed by atoms with Gasteiger partial charge in [-0.25, -0.2) is 9.29 Å². The van der Waals surface area contributed by atoms with Crippen LogP contribution in [0.15, 0.2) is 58.5 Å². The van der Waals surface area contributed by atoms with Crippen molar-refractivity contribution in [2.45, 2.75) is 38.0 Å². The van der Waals surface area contributed by atoms with Gasteiger partial charge in [-0.1, -0.05) is 49.9 Å². The third-order valence-electron chi connectivity index (χ3n) is 4.96. The number of hydrogen-bond acceptors (Lipinski definition) is 4. The smallest absolute Gasteiger partial charge is 0.291 e. The van der Waals surface area contributed by atoms with E-state index in [0.717, 1.165) is 12.2 Å². The quantitative estimate of drug-likeness (QED) is 0.500. The summed E-state index contributed by atoms with van der Waals surface area (Å²) in [5.41, 5.74) is 1.43. The average Bonchev–Trinajstić information content (AvgIpc) is 2.76. The number of hydrogen-bond donors (Lipinski definition) is 1. The van der Waals surface area contributed by atoms with Gasteiger partial charge in [-0.05, 0) is 35.4 Å². The topological polar surface area (TPSA) is 69.9 Å². The van der Waals surface area contributed by atoms with Gasteiger partial charge in [-0.3, -0.25) is 14.6 Å². The molecule has 30 heavy (non-hydrogen) atoms. The molecule has 154 valence electrons. The molecule has 1 amide bonds. The highest BCUT2D eigenvalue weighted by Crippen LogP contribution is 2.38. The van der Waals surface area contributed by atoms with Crippen LogP contribution in [0, 0.1) is 5.82 Å². The van der Waals surface area contributed by atoms with Crippen LogP contribution in [-0.4, -0.2) is 21.7 Å². The van der Waals surface area contributed by atoms with Gasteiger partial charge in [0.05, 0.1) is 16.8 Å². The molecule has 0 spiro atoms. The first-order chi connectivity index (χ1) is 14.6. The van der Waals surface area contributed by atoms with Gasteiger partial charge in [0.2, 0.25) is 11.1 Å².